The van der Waals surface area contributed by atoms with Crippen molar-refractivity contribution in [1.29, 1.82) is 0 Å². The van der Waals surface area contributed by atoms with Crippen molar-refractivity contribution in [1.82, 2.24) is 10.2 Å². The Morgan fingerprint density at radius 3 is 2.95 bits per heavy atom. The highest BCUT2D eigenvalue weighted by Gasteiger charge is 2.24. The second-order valence-electron chi connectivity index (χ2n) is 6.05. The van der Waals surface area contributed by atoms with Gasteiger partial charge in [0.2, 0.25) is 0 Å². The van der Waals surface area contributed by atoms with E-state index in [0.717, 1.165) is 62.7 Å². The van der Waals surface area contributed by atoms with Crippen LogP contribution >= 0.6 is 0 Å². The topological polar surface area (TPSA) is 41.6 Å². The number of piperidine rings is 1. The van der Waals surface area contributed by atoms with Crippen molar-refractivity contribution in [3.8, 4) is 5.75 Å². The number of amides is 1. The van der Waals surface area contributed by atoms with Gasteiger partial charge in [-0.2, -0.15) is 0 Å². The number of rotatable bonds is 4. The van der Waals surface area contributed by atoms with Crippen LogP contribution in [-0.4, -0.2) is 44.1 Å². The smallest absolute Gasteiger partial charge is 0.253 e. The first-order valence-corrected chi connectivity index (χ1v) is 7.97. The van der Waals surface area contributed by atoms with Gasteiger partial charge >= 0.3 is 0 Å². The number of hydrogen-bond acceptors (Lipinski definition) is 3. The van der Waals surface area contributed by atoms with E-state index >= 15 is 0 Å². The summed E-state index contributed by atoms with van der Waals surface area (Å²) in [6.07, 6.45) is 4.39. The lowest BCUT2D eigenvalue weighted by Gasteiger charge is -2.32. The van der Waals surface area contributed by atoms with E-state index in [1.54, 1.807) is 0 Å². The van der Waals surface area contributed by atoms with E-state index in [1.165, 1.54) is 12.0 Å². The van der Waals surface area contributed by atoms with E-state index in [9.17, 15) is 4.79 Å². The molecule has 1 aromatic rings. The summed E-state index contributed by atoms with van der Waals surface area (Å²) in [6.45, 7) is 3.59. The fraction of sp³-hybridized carbons (Fsp3) is 0.588. The van der Waals surface area contributed by atoms with Crippen LogP contribution in [0.15, 0.2) is 18.2 Å². The minimum absolute atomic E-state index is 0.178. The third-order valence-corrected chi connectivity index (χ3v) is 4.64. The first kappa shape index (κ1) is 14.4. The molecule has 0 radical (unpaired) electrons. The van der Waals surface area contributed by atoms with Crippen molar-refractivity contribution in [2.24, 2.45) is 5.92 Å². The molecule has 1 fully saturated rings. The zero-order valence-corrected chi connectivity index (χ0v) is 12.7. The molecule has 3 rings (SSSR count). The Balaban J connectivity index is 1.59. The maximum atomic E-state index is 12.6. The molecule has 2 aliphatic rings. The summed E-state index contributed by atoms with van der Waals surface area (Å²) in [5.74, 6) is 1.88. The molecule has 0 atom stereocenters. The maximum Gasteiger partial charge on any atom is 0.253 e. The highest BCUT2D eigenvalue weighted by atomic mass is 16.5. The third kappa shape index (κ3) is 3.21. The van der Waals surface area contributed by atoms with Gasteiger partial charge in [0.15, 0.2) is 0 Å². The maximum absolute atomic E-state index is 12.6. The van der Waals surface area contributed by atoms with Crippen molar-refractivity contribution < 1.29 is 9.53 Å². The van der Waals surface area contributed by atoms with Crippen LogP contribution in [0.25, 0.3) is 0 Å². The van der Waals surface area contributed by atoms with Gasteiger partial charge in [0.1, 0.15) is 5.75 Å². The van der Waals surface area contributed by atoms with Crippen LogP contribution < -0.4 is 10.1 Å². The van der Waals surface area contributed by atoms with Crippen LogP contribution in [0.5, 0.6) is 5.75 Å². The summed E-state index contributed by atoms with van der Waals surface area (Å²) in [5.41, 5.74) is 1.98. The number of nitrogens with one attached hydrogen (secondary N) is 1. The van der Waals surface area contributed by atoms with E-state index in [2.05, 4.69) is 5.32 Å². The van der Waals surface area contributed by atoms with Gasteiger partial charge in [-0.15, -0.1) is 0 Å². The standard InChI is InChI=1S/C17H24N2O2/c1-18-8-4-13-5-9-19(10-6-13)17(20)15-2-3-16-14(12-15)7-11-21-16/h2-3,12-13,18H,4-11H2,1H3. The largest absolute Gasteiger partial charge is 0.493 e. The van der Waals surface area contributed by atoms with Crippen LogP contribution in [0, 0.1) is 5.92 Å². The monoisotopic (exact) mass is 288 g/mol. The Labute approximate surface area is 126 Å². The molecule has 1 aromatic carbocycles. The zero-order chi connectivity index (χ0) is 14.7. The molecule has 4 heteroatoms. The summed E-state index contributed by atoms with van der Waals surface area (Å²) < 4.78 is 5.50. The van der Waals surface area contributed by atoms with Gasteiger partial charge in [0, 0.05) is 25.1 Å². The number of likely N-dealkylation sites (tertiary alicyclic amines) is 1. The van der Waals surface area contributed by atoms with Gasteiger partial charge in [0.05, 0.1) is 6.61 Å². The minimum Gasteiger partial charge on any atom is -0.493 e. The summed E-state index contributed by atoms with van der Waals surface area (Å²) in [6, 6.07) is 5.85. The highest BCUT2D eigenvalue weighted by molar-refractivity contribution is 5.94. The second-order valence-corrected chi connectivity index (χ2v) is 6.05. The SMILES string of the molecule is CNCCC1CCN(C(=O)c2ccc3c(c2)CCO3)CC1. The van der Waals surface area contributed by atoms with Crippen LogP contribution in [0.2, 0.25) is 0 Å². The molecule has 2 heterocycles. The van der Waals surface area contributed by atoms with Crippen LogP contribution in [0.4, 0.5) is 0 Å². The van der Waals surface area contributed by atoms with Crippen molar-refractivity contribution in [2.75, 3.05) is 33.3 Å². The first-order chi connectivity index (χ1) is 10.3. The molecule has 0 aromatic heterocycles. The molecule has 114 valence electrons. The summed E-state index contributed by atoms with van der Waals surface area (Å²) in [5, 5.41) is 3.21. The molecular weight excluding hydrogens is 264 g/mol. The normalized spacial score (nSPS) is 18.4. The van der Waals surface area contributed by atoms with E-state index in [-0.39, 0.29) is 5.91 Å². The number of benzene rings is 1. The predicted octanol–water partition coefficient (Wildman–Crippen LogP) is 2.08. The van der Waals surface area contributed by atoms with Gasteiger partial charge in [-0.3, -0.25) is 4.79 Å². The average molecular weight is 288 g/mol. The van der Waals surface area contributed by atoms with Crippen molar-refractivity contribution in [3.63, 3.8) is 0 Å². The molecule has 1 amide bonds. The molecule has 0 spiro atoms. The van der Waals surface area contributed by atoms with Gasteiger partial charge < -0.3 is 15.0 Å². The number of nitrogens with zero attached hydrogens (tertiary/aromatic N) is 1. The molecule has 0 aliphatic carbocycles. The minimum atomic E-state index is 0.178. The molecule has 21 heavy (non-hydrogen) atoms. The van der Waals surface area contributed by atoms with E-state index in [1.807, 2.05) is 30.1 Å². The molecular formula is C17H24N2O2. The zero-order valence-electron chi connectivity index (χ0n) is 12.7. The van der Waals surface area contributed by atoms with Crippen molar-refractivity contribution in [2.45, 2.75) is 25.7 Å². The fourth-order valence-corrected chi connectivity index (χ4v) is 3.28. The lowest BCUT2D eigenvalue weighted by Crippen LogP contribution is -2.39. The predicted molar refractivity (Wildman–Crippen MR) is 82.8 cm³/mol. The molecule has 0 saturated carbocycles. The number of carbonyl (C=O) groups is 1. The molecule has 0 unspecified atom stereocenters. The Hall–Kier alpha value is -1.55. The Morgan fingerprint density at radius 2 is 2.19 bits per heavy atom. The molecule has 4 nitrogen and oxygen atoms in total. The summed E-state index contributed by atoms with van der Waals surface area (Å²) >= 11 is 0. The van der Waals surface area contributed by atoms with E-state index < -0.39 is 0 Å². The lowest BCUT2D eigenvalue weighted by molar-refractivity contribution is 0.0687. The average Bonchev–Trinajstić information content (AvgIpc) is 3.00. The number of fused-ring (bicyclic) bond motifs is 1. The Kier molecular flexibility index (Phi) is 4.44. The van der Waals surface area contributed by atoms with Crippen LogP contribution in [0.1, 0.15) is 35.2 Å². The second kappa shape index (κ2) is 6.48. The highest BCUT2D eigenvalue weighted by Crippen LogP contribution is 2.27. The van der Waals surface area contributed by atoms with Gasteiger partial charge in [-0.1, -0.05) is 0 Å². The number of ether oxygens (including phenoxy) is 1. The summed E-state index contributed by atoms with van der Waals surface area (Å²) in [7, 11) is 2.00. The Bertz CT molecular complexity index is 508. The number of hydrogen-bond donors (Lipinski definition) is 1. The summed E-state index contributed by atoms with van der Waals surface area (Å²) in [4.78, 5) is 14.6. The first-order valence-electron chi connectivity index (χ1n) is 7.97. The van der Waals surface area contributed by atoms with Crippen molar-refractivity contribution >= 4 is 5.91 Å². The van der Waals surface area contributed by atoms with Gasteiger partial charge in [0.25, 0.3) is 5.91 Å². The third-order valence-electron chi connectivity index (χ3n) is 4.64. The van der Waals surface area contributed by atoms with Crippen LogP contribution in [0.3, 0.4) is 0 Å². The quantitative estimate of drug-likeness (QED) is 0.922. The lowest BCUT2D eigenvalue weighted by atomic mass is 9.93. The fourth-order valence-electron chi connectivity index (χ4n) is 3.28. The van der Waals surface area contributed by atoms with E-state index in [0.29, 0.717) is 0 Å². The molecule has 1 N–H and O–H groups in total. The van der Waals surface area contributed by atoms with Crippen molar-refractivity contribution in [3.05, 3.63) is 29.3 Å². The molecule has 2 aliphatic heterocycles. The Morgan fingerprint density at radius 1 is 1.38 bits per heavy atom. The van der Waals surface area contributed by atoms with Gasteiger partial charge in [-0.05, 0) is 62.5 Å². The number of carbonyl (C=O) groups excluding carboxylic acids is 1. The van der Waals surface area contributed by atoms with Gasteiger partial charge in [-0.25, -0.2) is 0 Å². The van der Waals surface area contributed by atoms with Crippen LogP contribution in [-0.2, 0) is 6.42 Å². The molecule has 1 saturated heterocycles. The van der Waals surface area contributed by atoms with E-state index in [4.69, 9.17) is 4.74 Å². The molecule has 0 bridgehead atoms.